The second-order valence-corrected chi connectivity index (χ2v) is 5.72. The van der Waals surface area contributed by atoms with Gasteiger partial charge in [-0.3, -0.25) is 4.79 Å². The number of aromatic nitrogens is 1. The number of aliphatic carboxylic acids is 1. The van der Waals surface area contributed by atoms with Crippen LogP contribution < -0.4 is 0 Å². The van der Waals surface area contributed by atoms with E-state index < -0.39 is 12.1 Å². The average molecular weight is 294 g/mol. The first-order chi connectivity index (χ1) is 9.95. The minimum absolute atomic E-state index is 0.0252. The number of nitrogens with zero attached hydrogens (tertiary/aromatic N) is 2. The van der Waals surface area contributed by atoms with Gasteiger partial charge in [-0.2, -0.15) is 0 Å². The standard InChI is InChI=1S/C14H18N2O5/c1-7-5-16(6-10(20-7)14(18)19)13(17)11-8(2)15-12(21-11)9-3-4-9/h7,9-10H,3-6H2,1-2H3,(H,18,19)/t7-,10?/m1/s1. The van der Waals surface area contributed by atoms with E-state index in [0.717, 1.165) is 12.8 Å². The van der Waals surface area contributed by atoms with E-state index in [2.05, 4.69) is 4.98 Å². The molecule has 3 rings (SSSR count). The zero-order valence-corrected chi connectivity index (χ0v) is 12.0. The van der Waals surface area contributed by atoms with Gasteiger partial charge in [0.05, 0.1) is 18.3 Å². The third-order valence-corrected chi connectivity index (χ3v) is 3.76. The molecule has 1 aromatic rings. The summed E-state index contributed by atoms with van der Waals surface area (Å²) in [6.45, 7) is 3.86. The van der Waals surface area contributed by atoms with Gasteiger partial charge in [0, 0.05) is 12.5 Å². The third-order valence-electron chi connectivity index (χ3n) is 3.76. The molecular weight excluding hydrogens is 276 g/mol. The van der Waals surface area contributed by atoms with E-state index in [1.807, 2.05) is 0 Å². The Kier molecular flexibility index (Phi) is 3.44. The molecule has 1 N–H and O–H groups in total. The summed E-state index contributed by atoms with van der Waals surface area (Å²) in [7, 11) is 0. The van der Waals surface area contributed by atoms with Gasteiger partial charge in [0.1, 0.15) is 0 Å². The van der Waals surface area contributed by atoms with Crippen LogP contribution in [-0.4, -0.2) is 52.2 Å². The van der Waals surface area contributed by atoms with Crippen LogP contribution in [0.15, 0.2) is 4.42 Å². The maximum Gasteiger partial charge on any atom is 0.334 e. The third kappa shape index (κ3) is 2.78. The van der Waals surface area contributed by atoms with Crippen LogP contribution in [0.5, 0.6) is 0 Å². The predicted molar refractivity (Wildman–Crippen MR) is 71.1 cm³/mol. The van der Waals surface area contributed by atoms with Crippen molar-refractivity contribution in [2.75, 3.05) is 13.1 Å². The molecule has 2 atom stereocenters. The summed E-state index contributed by atoms with van der Waals surface area (Å²) < 4.78 is 10.9. The van der Waals surface area contributed by atoms with E-state index in [0.29, 0.717) is 24.0 Å². The second-order valence-electron chi connectivity index (χ2n) is 5.72. The van der Waals surface area contributed by atoms with Crippen molar-refractivity contribution in [1.29, 1.82) is 0 Å². The molecule has 0 aromatic carbocycles. The predicted octanol–water partition coefficient (Wildman–Crippen LogP) is 1.17. The number of morpholine rings is 1. The second kappa shape index (κ2) is 5.14. The summed E-state index contributed by atoms with van der Waals surface area (Å²) in [6.07, 6.45) is 0.769. The van der Waals surface area contributed by atoms with Crippen molar-refractivity contribution >= 4 is 11.9 Å². The molecule has 2 aliphatic rings. The Bertz CT molecular complexity index is 578. The van der Waals surface area contributed by atoms with Crippen LogP contribution in [0.2, 0.25) is 0 Å². The fraction of sp³-hybridized carbons (Fsp3) is 0.643. The van der Waals surface area contributed by atoms with Crippen LogP contribution >= 0.6 is 0 Å². The van der Waals surface area contributed by atoms with E-state index in [4.69, 9.17) is 14.3 Å². The maximum absolute atomic E-state index is 12.5. The molecule has 1 saturated heterocycles. The van der Waals surface area contributed by atoms with Gasteiger partial charge in [-0.15, -0.1) is 0 Å². The van der Waals surface area contributed by atoms with Crippen LogP contribution in [0, 0.1) is 6.92 Å². The maximum atomic E-state index is 12.5. The van der Waals surface area contributed by atoms with E-state index in [-0.39, 0.29) is 24.3 Å². The van der Waals surface area contributed by atoms with Crippen molar-refractivity contribution in [2.45, 2.75) is 44.8 Å². The highest BCUT2D eigenvalue weighted by Gasteiger charge is 2.36. The molecule has 1 aromatic heterocycles. The molecule has 1 saturated carbocycles. The highest BCUT2D eigenvalue weighted by atomic mass is 16.5. The molecule has 1 unspecified atom stereocenters. The topological polar surface area (TPSA) is 92.9 Å². The van der Waals surface area contributed by atoms with Crippen molar-refractivity contribution in [3.05, 3.63) is 17.3 Å². The number of carbonyl (C=O) groups excluding carboxylic acids is 1. The first-order valence-electron chi connectivity index (χ1n) is 7.10. The Labute approximate surface area is 121 Å². The van der Waals surface area contributed by atoms with Crippen LogP contribution in [0.25, 0.3) is 0 Å². The van der Waals surface area contributed by atoms with E-state index in [1.54, 1.807) is 13.8 Å². The van der Waals surface area contributed by atoms with Crippen LogP contribution in [0.4, 0.5) is 0 Å². The average Bonchev–Trinajstić information content (AvgIpc) is 3.20. The Hall–Kier alpha value is -1.89. The molecule has 1 aliphatic heterocycles. The lowest BCUT2D eigenvalue weighted by Crippen LogP contribution is -2.51. The summed E-state index contributed by atoms with van der Waals surface area (Å²) in [4.78, 5) is 29.4. The number of aryl methyl sites for hydroxylation is 1. The quantitative estimate of drug-likeness (QED) is 0.899. The number of ether oxygens (including phenoxy) is 1. The number of hydrogen-bond acceptors (Lipinski definition) is 5. The van der Waals surface area contributed by atoms with Crippen molar-refractivity contribution in [2.24, 2.45) is 0 Å². The Balaban J connectivity index is 1.78. The summed E-state index contributed by atoms with van der Waals surface area (Å²) in [6, 6.07) is 0. The van der Waals surface area contributed by atoms with E-state index in [9.17, 15) is 9.59 Å². The Morgan fingerprint density at radius 1 is 1.33 bits per heavy atom. The molecule has 7 heteroatoms. The summed E-state index contributed by atoms with van der Waals surface area (Å²) in [5.74, 6) is -0.205. The summed E-state index contributed by atoms with van der Waals surface area (Å²) in [5.41, 5.74) is 0.563. The fourth-order valence-electron chi connectivity index (χ4n) is 2.52. The molecule has 0 radical (unpaired) electrons. The van der Waals surface area contributed by atoms with Gasteiger partial charge in [-0.1, -0.05) is 0 Å². The fourth-order valence-corrected chi connectivity index (χ4v) is 2.52. The SMILES string of the molecule is Cc1nc(C2CC2)oc1C(=O)N1CC(C(=O)O)O[C@H](C)C1. The van der Waals surface area contributed by atoms with Crippen LogP contribution in [0.3, 0.4) is 0 Å². The van der Waals surface area contributed by atoms with Gasteiger partial charge >= 0.3 is 5.97 Å². The molecule has 0 spiro atoms. The molecule has 114 valence electrons. The minimum Gasteiger partial charge on any atom is -0.479 e. The largest absolute Gasteiger partial charge is 0.479 e. The molecule has 1 aliphatic carbocycles. The Morgan fingerprint density at radius 3 is 2.67 bits per heavy atom. The summed E-state index contributed by atoms with van der Waals surface area (Å²) in [5, 5.41) is 9.07. The van der Waals surface area contributed by atoms with Gasteiger partial charge in [0.15, 0.2) is 12.0 Å². The van der Waals surface area contributed by atoms with Crippen LogP contribution in [0.1, 0.15) is 47.8 Å². The first-order valence-corrected chi connectivity index (χ1v) is 7.10. The van der Waals surface area contributed by atoms with Crippen molar-refractivity contribution < 1.29 is 23.8 Å². The molecule has 21 heavy (non-hydrogen) atoms. The van der Waals surface area contributed by atoms with E-state index in [1.165, 1.54) is 4.90 Å². The van der Waals surface area contributed by atoms with Crippen molar-refractivity contribution in [1.82, 2.24) is 9.88 Å². The molecule has 0 bridgehead atoms. The molecule has 2 heterocycles. The van der Waals surface area contributed by atoms with Crippen molar-refractivity contribution in [3.63, 3.8) is 0 Å². The normalized spacial score (nSPS) is 25.9. The lowest BCUT2D eigenvalue weighted by molar-refractivity contribution is -0.160. The number of rotatable bonds is 3. The lowest BCUT2D eigenvalue weighted by Gasteiger charge is -2.34. The monoisotopic (exact) mass is 294 g/mol. The first kappa shape index (κ1) is 14.1. The van der Waals surface area contributed by atoms with Gasteiger partial charge < -0.3 is 19.2 Å². The molecular formula is C14H18N2O5. The number of hydrogen-bond donors (Lipinski definition) is 1. The van der Waals surface area contributed by atoms with Gasteiger partial charge in [0.2, 0.25) is 5.76 Å². The highest BCUT2D eigenvalue weighted by Crippen LogP contribution is 2.40. The number of oxazole rings is 1. The Morgan fingerprint density at radius 2 is 2.05 bits per heavy atom. The van der Waals surface area contributed by atoms with Crippen molar-refractivity contribution in [3.8, 4) is 0 Å². The van der Waals surface area contributed by atoms with Gasteiger partial charge in [-0.25, -0.2) is 9.78 Å². The number of carboxylic acids is 1. The zero-order chi connectivity index (χ0) is 15.1. The lowest BCUT2D eigenvalue weighted by atomic mass is 10.2. The zero-order valence-electron chi connectivity index (χ0n) is 12.0. The van der Waals surface area contributed by atoms with E-state index >= 15 is 0 Å². The summed E-state index contributed by atoms with van der Waals surface area (Å²) >= 11 is 0. The van der Waals surface area contributed by atoms with Gasteiger partial charge in [0.25, 0.3) is 5.91 Å². The number of carbonyl (C=O) groups is 2. The molecule has 2 fully saturated rings. The molecule has 7 nitrogen and oxygen atoms in total. The minimum atomic E-state index is -1.06. The number of amides is 1. The highest BCUT2D eigenvalue weighted by molar-refractivity contribution is 5.93. The smallest absolute Gasteiger partial charge is 0.334 e. The van der Waals surface area contributed by atoms with Crippen LogP contribution in [-0.2, 0) is 9.53 Å². The number of carboxylic acid groups (broad SMARTS) is 1. The molecule has 1 amide bonds. The van der Waals surface area contributed by atoms with Gasteiger partial charge in [-0.05, 0) is 26.7 Å².